The Balaban J connectivity index is 1.70. The number of nitrogens with one attached hydrogen (secondary N) is 1. The van der Waals surface area contributed by atoms with Crippen LogP contribution in [0, 0.1) is 5.92 Å². The molecule has 2 atom stereocenters. The van der Waals surface area contributed by atoms with E-state index in [9.17, 15) is 0 Å². The number of benzene rings is 1. The Hall–Kier alpha value is -1.84. The second-order valence-corrected chi connectivity index (χ2v) is 5.35. The van der Waals surface area contributed by atoms with Gasteiger partial charge in [0.05, 0.1) is 5.69 Å². The van der Waals surface area contributed by atoms with Crippen LogP contribution in [0.5, 0.6) is 0 Å². The molecule has 19 heavy (non-hydrogen) atoms. The van der Waals surface area contributed by atoms with Crippen LogP contribution >= 0.6 is 0 Å². The number of nitrogens with zero attached hydrogens (tertiary/aromatic N) is 3. The molecule has 0 saturated heterocycles. The molecule has 0 spiro atoms. The molecule has 1 heterocycles. The molecule has 1 fully saturated rings. The highest BCUT2D eigenvalue weighted by Gasteiger charge is 2.22. The van der Waals surface area contributed by atoms with Crippen molar-refractivity contribution in [2.75, 3.05) is 5.32 Å². The van der Waals surface area contributed by atoms with Crippen LogP contribution in [0.25, 0.3) is 5.69 Å². The smallest absolute Gasteiger partial charge is 0.123 e. The highest BCUT2D eigenvalue weighted by atomic mass is 15.2. The van der Waals surface area contributed by atoms with Crippen molar-refractivity contribution in [1.82, 2.24) is 14.8 Å². The number of aromatic nitrogens is 3. The minimum absolute atomic E-state index is 0.626. The summed E-state index contributed by atoms with van der Waals surface area (Å²) in [5, 5.41) is 11.3. The van der Waals surface area contributed by atoms with E-state index >= 15 is 0 Å². The fourth-order valence-electron chi connectivity index (χ4n) is 2.90. The van der Waals surface area contributed by atoms with E-state index in [-0.39, 0.29) is 0 Å². The van der Waals surface area contributed by atoms with Crippen LogP contribution in [0.3, 0.4) is 0 Å². The highest BCUT2D eigenvalue weighted by Crippen LogP contribution is 2.30. The number of rotatable bonds is 4. The standard InChI is InChI=1S/C15H20N4/c1-2-12-6-7-14(8-12)18-13-4-3-5-15(9-13)19-10-16-17-11-19/h3-5,9-12,14,18H,2,6-8H2,1H3. The Bertz CT molecular complexity index is 521. The van der Waals surface area contributed by atoms with Crippen LogP contribution in [0.15, 0.2) is 36.9 Å². The molecule has 100 valence electrons. The number of anilines is 1. The fourth-order valence-corrected chi connectivity index (χ4v) is 2.90. The summed E-state index contributed by atoms with van der Waals surface area (Å²) >= 11 is 0. The second kappa shape index (κ2) is 5.43. The van der Waals surface area contributed by atoms with Crippen LogP contribution in [-0.2, 0) is 0 Å². The summed E-state index contributed by atoms with van der Waals surface area (Å²) in [5.74, 6) is 0.901. The van der Waals surface area contributed by atoms with E-state index in [0.29, 0.717) is 6.04 Å². The molecule has 1 aliphatic rings. The van der Waals surface area contributed by atoms with Gasteiger partial charge >= 0.3 is 0 Å². The van der Waals surface area contributed by atoms with Crippen molar-refractivity contribution in [3.05, 3.63) is 36.9 Å². The third kappa shape index (κ3) is 2.78. The predicted molar refractivity (Wildman–Crippen MR) is 76.4 cm³/mol. The number of hydrogen-bond acceptors (Lipinski definition) is 3. The van der Waals surface area contributed by atoms with Gasteiger partial charge in [0.25, 0.3) is 0 Å². The van der Waals surface area contributed by atoms with Crippen LogP contribution in [-0.4, -0.2) is 20.8 Å². The van der Waals surface area contributed by atoms with Gasteiger partial charge in [0, 0.05) is 11.7 Å². The quantitative estimate of drug-likeness (QED) is 0.913. The first-order chi connectivity index (χ1) is 9.35. The van der Waals surface area contributed by atoms with Gasteiger partial charge in [-0.15, -0.1) is 10.2 Å². The first-order valence-electron chi connectivity index (χ1n) is 7.06. The minimum atomic E-state index is 0.626. The van der Waals surface area contributed by atoms with E-state index in [1.165, 1.54) is 31.4 Å². The normalized spacial score (nSPS) is 22.6. The molecule has 2 aromatic rings. The lowest BCUT2D eigenvalue weighted by Crippen LogP contribution is -2.15. The molecule has 0 amide bonds. The zero-order chi connectivity index (χ0) is 13.1. The molecule has 3 rings (SSSR count). The van der Waals surface area contributed by atoms with Gasteiger partial charge in [0.1, 0.15) is 12.7 Å². The van der Waals surface area contributed by atoms with Gasteiger partial charge in [-0.1, -0.05) is 19.4 Å². The maximum Gasteiger partial charge on any atom is 0.123 e. The molecule has 0 aliphatic heterocycles. The highest BCUT2D eigenvalue weighted by molar-refractivity contribution is 5.51. The largest absolute Gasteiger partial charge is 0.382 e. The summed E-state index contributed by atoms with van der Waals surface area (Å²) in [6, 6.07) is 9.05. The SMILES string of the molecule is CCC1CCC(Nc2cccc(-n3cnnc3)c2)C1. The van der Waals surface area contributed by atoms with Crippen LogP contribution in [0.1, 0.15) is 32.6 Å². The summed E-state index contributed by atoms with van der Waals surface area (Å²) in [6.07, 6.45) is 8.70. The third-order valence-electron chi connectivity index (χ3n) is 4.05. The Morgan fingerprint density at radius 3 is 2.84 bits per heavy atom. The minimum Gasteiger partial charge on any atom is -0.382 e. The summed E-state index contributed by atoms with van der Waals surface area (Å²) in [7, 11) is 0. The molecular weight excluding hydrogens is 236 g/mol. The van der Waals surface area contributed by atoms with Gasteiger partial charge in [0.15, 0.2) is 0 Å². The molecule has 1 N–H and O–H groups in total. The molecule has 4 nitrogen and oxygen atoms in total. The molecule has 1 aliphatic carbocycles. The Morgan fingerprint density at radius 2 is 2.11 bits per heavy atom. The lowest BCUT2D eigenvalue weighted by Gasteiger charge is -2.15. The average molecular weight is 256 g/mol. The molecule has 1 aromatic carbocycles. The van der Waals surface area contributed by atoms with E-state index in [4.69, 9.17) is 0 Å². The molecule has 4 heteroatoms. The van der Waals surface area contributed by atoms with Crippen molar-refractivity contribution in [2.45, 2.75) is 38.6 Å². The van der Waals surface area contributed by atoms with Gasteiger partial charge in [-0.05, 0) is 43.4 Å². The fraction of sp³-hybridized carbons (Fsp3) is 0.467. The molecule has 0 radical (unpaired) electrons. The van der Waals surface area contributed by atoms with E-state index in [1.54, 1.807) is 12.7 Å². The zero-order valence-corrected chi connectivity index (χ0v) is 11.3. The van der Waals surface area contributed by atoms with Gasteiger partial charge in [-0.25, -0.2) is 0 Å². The monoisotopic (exact) mass is 256 g/mol. The lowest BCUT2D eigenvalue weighted by atomic mass is 10.1. The summed E-state index contributed by atoms with van der Waals surface area (Å²) in [6.45, 7) is 2.29. The van der Waals surface area contributed by atoms with Gasteiger partial charge < -0.3 is 5.32 Å². The van der Waals surface area contributed by atoms with Crippen LogP contribution in [0.4, 0.5) is 5.69 Å². The first kappa shape index (κ1) is 12.2. The van der Waals surface area contributed by atoms with Gasteiger partial charge in [0.2, 0.25) is 0 Å². The Morgan fingerprint density at radius 1 is 1.26 bits per heavy atom. The number of hydrogen-bond donors (Lipinski definition) is 1. The summed E-state index contributed by atoms with van der Waals surface area (Å²) < 4.78 is 1.93. The lowest BCUT2D eigenvalue weighted by molar-refractivity contribution is 0.525. The molecule has 0 bridgehead atoms. The van der Waals surface area contributed by atoms with Crippen molar-refractivity contribution in [2.24, 2.45) is 5.92 Å². The van der Waals surface area contributed by atoms with E-state index < -0.39 is 0 Å². The molecule has 2 unspecified atom stereocenters. The van der Waals surface area contributed by atoms with Crippen molar-refractivity contribution in [3.8, 4) is 5.69 Å². The molecular formula is C15H20N4. The van der Waals surface area contributed by atoms with Crippen molar-refractivity contribution < 1.29 is 0 Å². The molecule has 1 aromatic heterocycles. The van der Waals surface area contributed by atoms with Crippen molar-refractivity contribution in [3.63, 3.8) is 0 Å². The van der Waals surface area contributed by atoms with Crippen molar-refractivity contribution >= 4 is 5.69 Å². The average Bonchev–Trinajstić information content (AvgIpc) is 3.10. The van der Waals surface area contributed by atoms with Gasteiger partial charge in [-0.3, -0.25) is 4.57 Å². The van der Waals surface area contributed by atoms with E-state index in [1.807, 2.05) is 4.57 Å². The van der Waals surface area contributed by atoms with E-state index in [0.717, 1.165) is 11.6 Å². The maximum absolute atomic E-state index is 3.85. The van der Waals surface area contributed by atoms with Crippen LogP contribution in [0.2, 0.25) is 0 Å². The Kier molecular flexibility index (Phi) is 3.49. The Labute approximate surface area is 113 Å². The van der Waals surface area contributed by atoms with Crippen LogP contribution < -0.4 is 5.32 Å². The topological polar surface area (TPSA) is 42.7 Å². The summed E-state index contributed by atoms with van der Waals surface area (Å²) in [4.78, 5) is 0. The predicted octanol–water partition coefficient (Wildman–Crippen LogP) is 3.26. The summed E-state index contributed by atoms with van der Waals surface area (Å²) in [5.41, 5.74) is 2.29. The van der Waals surface area contributed by atoms with Gasteiger partial charge in [-0.2, -0.15) is 0 Å². The first-order valence-corrected chi connectivity index (χ1v) is 7.06. The van der Waals surface area contributed by atoms with E-state index in [2.05, 4.69) is 46.7 Å². The third-order valence-corrected chi connectivity index (χ3v) is 4.05. The zero-order valence-electron chi connectivity index (χ0n) is 11.3. The molecule has 1 saturated carbocycles. The second-order valence-electron chi connectivity index (χ2n) is 5.35. The maximum atomic E-state index is 3.85. The van der Waals surface area contributed by atoms with Crippen molar-refractivity contribution in [1.29, 1.82) is 0 Å².